The van der Waals surface area contributed by atoms with Gasteiger partial charge >= 0.3 is 54.9 Å². The van der Waals surface area contributed by atoms with Gasteiger partial charge in [0.25, 0.3) is 0 Å². The van der Waals surface area contributed by atoms with Crippen molar-refractivity contribution in [3.8, 4) is 0 Å². The molecule has 0 saturated heterocycles. The molecular formula is C5H15O3P. The summed E-state index contributed by atoms with van der Waals surface area (Å²) in [6.07, 6.45) is 0.608. The van der Waals surface area contributed by atoms with Crippen LogP contribution >= 0.6 is 7.28 Å². The molecular weight excluding hydrogens is 139 g/mol. The maximum atomic E-state index is 9.37. The topological polar surface area (TPSA) is 49.7 Å². The van der Waals surface area contributed by atoms with Crippen LogP contribution in [0, 0.1) is 0 Å². The third-order valence-corrected chi connectivity index (χ3v) is 5.08. The van der Waals surface area contributed by atoms with E-state index in [-0.39, 0.29) is 0 Å². The van der Waals surface area contributed by atoms with Gasteiger partial charge in [-0.15, -0.1) is 0 Å². The molecule has 0 bridgehead atoms. The van der Waals surface area contributed by atoms with Gasteiger partial charge in [-0.2, -0.15) is 0 Å². The van der Waals surface area contributed by atoms with Gasteiger partial charge in [0.15, 0.2) is 0 Å². The monoisotopic (exact) mass is 154 g/mol. The Kier molecular flexibility index (Phi) is 2.59. The Morgan fingerprint density at radius 2 is 1.56 bits per heavy atom. The Morgan fingerprint density at radius 3 is 1.56 bits per heavy atom. The van der Waals surface area contributed by atoms with E-state index in [9.17, 15) is 9.79 Å². The van der Waals surface area contributed by atoms with Crippen LogP contribution in [-0.4, -0.2) is 29.2 Å². The van der Waals surface area contributed by atoms with Gasteiger partial charge in [-0.3, -0.25) is 0 Å². The van der Waals surface area contributed by atoms with E-state index in [1.807, 2.05) is 0 Å². The van der Waals surface area contributed by atoms with Crippen LogP contribution in [0.15, 0.2) is 0 Å². The van der Waals surface area contributed by atoms with Crippen molar-refractivity contribution in [2.75, 3.05) is 19.4 Å². The molecule has 0 aliphatic carbocycles. The molecule has 0 atom stereocenters. The second-order valence-electron chi connectivity index (χ2n) is 2.12. The molecule has 58 valence electrons. The molecule has 2 N–H and O–H groups in total. The van der Waals surface area contributed by atoms with Gasteiger partial charge in [-0.05, 0) is 0 Å². The zero-order valence-electron chi connectivity index (χ0n) is 6.16. The third-order valence-electron chi connectivity index (χ3n) is 1.69. The van der Waals surface area contributed by atoms with E-state index in [2.05, 4.69) is 4.52 Å². The molecule has 9 heavy (non-hydrogen) atoms. The van der Waals surface area contributed by atoms with Crippen LogP contribution in [0.5, 0.6) is 0 Å². The molecule has 3 nitrogen and oxygen atoms in total. The summed E-state index contributed by atoms with van der Waals surface area (Å²) in [4.78, 5) is 18.7. The van der Waals surface area contributed by atoms with Crippen LogP contribution in [0.2, 0.25) is 0 Å². The summed E-state index contributed by atoms with van der Waals surface area (Å²) in [5.41, 5.74) is 0. The summed E-state index contributed by atoms with van der Waals surface area (Å²) in [5, 5.41) is 0. The van der Waals surface area contributed by atoms with Crippen molar-refractivity contribution >= 4 is 7.28 Å². The first-order chi connectivity index (χ1) is 3.96. The van der Waals surface area contributed by atoms with E-state index >= 15 is 0 Å². The molecule has 0 aliphatic heterocycles. The van der Waals surface area contributed by atoms with E-state index in [0.29, 0.717) is 12.3 Å². The van der Waals surface area contributed by atoms with Gasteiger partial charge in [-0.1, -0.05) is 0 Å². The standard InChI is InChI=1S/C5H15O3P/c1-4-9(6,7,5-2)8-3/h6-7H,4-5H2,1-3H3. The van der Waals surface area contributed by atoms with Gasteiger partial charge in [0, 0.05) is 0 Å². The van der Waals surface area contributed by atoms with Crippen LogP contribution in [0.1, 0.15) is 13.8 Å². The van der Waals surface area contributed by atoms with Crippen molar-refractivity contribution in [3.05, 3.63) is 0 Å². The van der Waals surface area contributed by atoms with Gasteiger partial charge < -0.3 is 0 Å². The summed E-state index contributed by atoms with van der Waals surface area (Å²) in [6, 6.07) is 0. The predicted molar refractivity (Wildman–Crippen MR) is 39.4 cm³/mol. The van der Waals surface area contributed by atoms with Crippen LogP contribution < -0.4 is 0 Å². The minimum absolute atomic E-state index is 0.304. The molecule has 0 aromatic rings. The summed E-state index contributed by atoms with van der Waals surface area (Å²) >= 11 is 0. The molecule has 4 heteroatoms. The average molecular weight is 154 g/mol. The fraction of sp³-hybridized carbons (Fsp3) is 1.00. The molecule has 0 spiro atoms. The molecule has 0 radical (unpaired) electrons. The Morgan fingerprint density at radius 1 is 1.22 bits per heavy atom. The van der Waals surface area contributed by atoms with Crippen LogP contribution in [0.4, 0.5) is 0 Å². The van der Waals surface area contributed by atoms with E-state index in [0.717, 1.165) is 0 Å². The Balaban J connectivity index is 4.20. The first-order valence-electron chi connectivity index (χ1n) is 3.04. The summed E-state index contributed by atoms with van der Waals surface area (Å²) in [6.45, 7) is 3.43. The molecule has 0 fully saturated rings. The quantitative estimate of drug-likeness (QED) is 0.595. The molecule has 0 aromatic heterocycles. The van der Waals surface area contributed by atoms with Gasteiger partial charge in [0.05, 0.1) is 0 Å². The number of rotatable bonds is 3. The Bertz CT molecular complexity index is 83.4. The SMILES string of the molecule is CCP(O)(O)(CC)OC. The van der Waals surface area contributed by atoms with Crippen molar-refractivity contribution in [2.24, 2.45) is 0 Å². The molecule has 0 aliphatic rings. The van der Waals surface area contributed by atoms with Gasteiger partial charge in [0.2, 0.25) is 0 Å². The Hall–Kier alpha value is 0.310. The van der Waals surface area contributed by atoms with Crippen LogP contribution in [0.3, 0.4) is 0 Å². The van der Waals surface area contributed by atoms with E-state index in [4.69, 9.17) is 0 Å². The fourth-order valence-electron chi connectivity index (χ4n) is 0.482. The first-order valence-corrected chi connectivity index (χ1v) is 5.47. The maximum absolute atomic E-state index is 9.37. The first kappa shape index (κ1) is 9.31. The van der Waals surface area contributed by atoms with Gasteiger partial charge in [-0.25, -0.2) is 0 Å². The molecule has 0 aromatic carbocycles. The predicted octanol–water partition coefficient (Wildman–Crippen LogP) is 0.955. The van der Waals surface area contributed by atoms with Crippen molar-refractivity contribution in [1.82, 2.24) is 0 Å². The van der Waals surface area contributed by atoms with Crippen molar-refractivity contribution in [2.45, 2.75) is 13.8 Å². The van der Waals surface area contributed by atoms with Crippen LogP contribution in [-0.2, 0) is 4.52 Å². The molecule has 0 saturated carbocycles. The zero-order chi connectivity index (χ0) is 7.57. The minimum atomic E-state index is -3.63. The zero-order valence-corrected chi connectivity index (χ0v) is 7.06. The number of hydrogen-bond acceptors (Lipinski definition) is 3. The number of hydrogen-bond donors (Lipinski definition) is 2. The normalized spacial score (nSPS) is 16.8. The third kappa shape index (κ3) is 2.18. The second-order valence-corrected chi connectivity index (χ2v) is 6.35. The molecule has 0 heterocycles. The average Bonchev–Trinajstić information content (AvgIpc) is 1.90. The van der Waals surface area contributed by atoms with E-state index in [1.165, 1.54) is 7.11 Å². The summed E-state index contributed by atoms with van der Waals surface area (Å²) in [5.74, 6) is 0. The second kappa shape index (κ2) is 2.51. The van der Waals surface area contributed by atoms with E-state index in [1.54, 1.807) is 13.8 Å². The van der Waals surface area contributed by atoms with E-state index < -0.39 is 7.28 Å². The van der Waals surface area contributed by atoms with Gasteiger partial charge in [0.1, 0.15) is 0 Å². The van der Waals surface area contributed by atoms with Crippen molar-refractivity contribution in [1.29, 1.82) is 0 Å². The van der Waals surface area contributed by atoms with Crippen LogP contribution in [0.25, 0.3) is 0 Å². The summed E-state index contributed by atoms with van der Waals surface area (Å²) < 4.78 is 4.67. The van der Waals surface area contributed by atoms with Crippen molar-refractivity contribution < 1.29 is 14.3 Å². The molecule has 0 unspecified atom stereocenters. The summed E-state index contributed by atoms with van der Waals surface area (Å²) in [7, 11) is -2.29. The van der Waals surface area contributed by atoms with Crippen molar-refractivity contribution in [3.63, 3.8) is 0 Å². The molecule has 0 rings (SSSR count). The Labute approximate surface area is 55.8 Å². The molecule has 0 amide bonds. The fourth-order valence-corrected chi connectivity index (χ4v) is 1.45.